The minimum absolute atomic E-state index is 0.256. The van der Waals surface area contributed by atoms with Gasteiger partial charge in [-0.2, -0.15) is 0 Å². The fourth-order valence-corrected chi connectivity index (χ4v) is 2.84. The molecule has 1 heterocycles. The van der Waals surface area contributed by atoms with Crippen molar-refractivity contribution >= 4 is 22.7 Å². The molecule has 0 aliphatic carbocycles. The molecule has 0 unspecified atom stereocenters. The molecule has 0 radical (unpaired) electrons. The molecule has 4 rings (SSSR count). The van der Waals surface area contributed by atoms with E-state index < -0.39 is 5.82 Å². The third kappa shape index (κ3) is 3.58. The first-order valence-corrected chi connectivity index (χ1v) is 8.69. The first-order valence-electron chi connectivity index (χ1n) is 8.69. The molecule has 5 heteroatoms. The van der Waals surface area contributed by atoms with E-state index in [1.165, 1.54) is 23.8 Å². The molecular weight excluding hydrogens is 343 g/mol. The number of fused-ring (bicyclic) bond motifs is 1. The molecule has 1 aromatic heterocycles. The van der Waals surface area contributed by atoms with Crippen LogP contribution in [0.2, 0.25) is 0 Å². The zero-order chi connectivity index (χ0) is 18.8. The Hall–Kier alpha value is -3.47. The highest BCUT2D eigenvalue weighted by Gasteiger charge is 2.11. The number of rotatable bonds is 4. The molecule has 0 fully saturated rings. The molecule has 4 aromatic rings. The van der Waals surface area contributed by atoms with Gasteiger partial charge >= 0.3 is 0 Å². The maximum Gasteiger partial charge on any atom is 0.255 e. The van der Waals surface area contributed by atoms with Gasteiger partial charge in [-0.25, -0.2) is 9.37 Å². The van der Waals surface area contributed by atoms with Crippen LogP contribution < -0.4 is 5.32 Å². The number of halogens is 1. The molecule has 0 bridgehead atoms. The van der Waals surface area contributed by atoms with Crippen molar-refractivity contribution in [1.82, 2.24) is 4.98 Å². The number of hydrogen-bond acceptors (Lipinski definition) is 3. The maximum absolute atomic E-state index is 13.3. The molecule has 4 nitrogen and oxygen atoms in total. The molecule has 134 valence electrons. The van der Waals surface area contributed by atoms with Crippen molar-refractivity contribution in [3.05, 3.63) is 83.7 Å². The van der Waals surface area contributed by atoms with E-state index in [4.69, 9.17) is 4.42 Å². The van der Waals surface area contributed by atoms with E-state index in [1.54, 1.807) is 24.3 Å². The molecule has 0 atom stereocenters. The normalized spacial score (nSPS) is 10.9. The number of nitrogens with one attached hydrogen (secondary N) is 1. The van der Waals surface area contributed by atoms with Crippen molar-refractivity contribution in [3.8, 4) is 11.5 Å². The van der Waals surface area contributed by atoms with Crippen molar-refractivity contribution in [3.63, 3.8) is 0 Å². The van der Waals surface area contributed by atoms with E-state index in [0.717, 1.165) is 12.0 Å². The van der Waals surface area contributed by atoms with Gasteiger partial charge < -0.3 is 9.73 Å². The number of carbonyl (C=O) groups is 1. The lowest BCUT2D eigenvalue weighted by Crippen LogP contribution is -2.11. The van der Waals surface area contributed by atoms with Gasteiger partial charge in [0.15, 0.2) is 5.58 Å². The Morgan fingerprint density at radius 3 is 2.63 bits per heavy atom. The first kappa shape index (κ1) is 17.0. The van der Waals surface area contributed by atoms with Gasteiger partial charge in [0.25, 0.3) is 5.91 Å². The number of anilines is 1. The number of carbonyl (C=O) groups excluding carboxylic acids is 1. The maximum atomic E-state index is 13.3. The Labute approximate surface area is 155 Å². The second-order valence-corrected chi connectivity index (χ2v) is 6.22. The minimum atomic E-state index is -0.451. The summed E-state index contributed by atoms with van der Waals surface area (Å²) < 4.78 is 19.1. The molecule has 0 spiro atoms. The van der Waals surface area contributed by atoms with Gasteiger partial charge in [-0.15, -0.1) is 0 Å². The number of oxazole rings is 1. The molecule has 0 aliphatic heterocycles. The quantitative estimate of drug-likeness (QED) is 0.526. The second kappa shape index (κ2) is 7.03. The van der Waals surface area contributed by atoms with E-state index in [1.807, 2.05) is 12.1 Å². The third-order valence-corrected chi connectivity index (χ3v) is 4.34. The van der Waals surface area contributed by atoms with E-state index in [0.29, 0.717) is 22.7 Å². The summed E-state index contributed by atoms with van der Waals surface area (Å²) in [7, 11) is 0. The lowest BCUT2D eigenvalue weighted by Gasteiger charge is -2.04. The fourth-order valence-electron chi connectivity index (χ4n) is 2.84. The van der Waals surface area contributed by atoms with Crippen molar-refractivity contribution < 1.29 is 13.6 Å². The second-order valence-electron chi connectivity index (χ2n) is 6.22. The van der Waals surface area contributed by atoms with E-state index >= 15 is 0 Å². The van der Waals surface area contributed by atoms with Crippen LogP contribution in [0.5, 0.6) is 0 Å². The average molecular weight is 360 g/mol. The summed E-state index contributed by atoms with van der Waals surface area (Å²) in [5.74, 6) is -0.303. The highest BCUT2D eigenvalue weighted by Crippen LogP contribution is 2.26. The lowest BCUT2D eigenvalue weighted by molar-refractivity contribution is 0.102. The molecule has 1 amide bonds. The standard InChI is InChI=1S/C22H17FN2O2/c1-2-14-6-8-15(9-7-14)22-25-19-13-18(10-11-20(19)27-22)24-21(26)16-4-3-5-17(23)12-16/h3-13H,2H2,1H3,(H,24,26). The monoisotopic (exact) mass is 360 g/mol. The van der Waals surface area contributed by atoms with E-state index in [-0.39, 0.29) is 11.5 Å². The van der Waals surface area contributed by atoms with Gasteiger partial charge in [-0.1, -0.05) is 25.1 Å². The average Bonchev–Trinajstić information content (AvgIpc) is 3.11. The summed E-state index contributed by atoms with van der Waals surface area (Å²) in [6.07, 6.45) is 0.974. The highest BCUT2D eigenvalue weighted by atomic mass is 19.1. The van der Waals surface area contributed by atoms with Crippen LogP contribution in [0.1, 0.15) is 22.8 Å². The zero-order valence-electron chi connectivity index (χ0n) is 14.7. The van der Waals surface area contributed by atoms with Gasteiger partial charge in [0.2, 0.25) is 5.89 Å². The van der Waals surface area contributed by atoms with E-state index in [2.05, 4.69) is 29.4 Å². The van der Waals surface area contributed by atoms with Crippen LogP contribution in [-0.2, 0) is 6.42 Å². The van der Waals surface area contributed by atoms with Gasteiger partial charge in [0.05, 0.1) is 0 Å². The Morgan fingerprint density at radius 2 is 1.89 bits per heavy atom. The van der Waals surface area contributed by atoms with Crippen LogP contribution in [0.25, 0.3) is 22.6 Å². The Balaban J connectivity index is 1.59. The summed E-state index contributed by atoms with van der Waals surface area (Å²) in [5, 5.41) is 2.75. The molecule has 3 aromatic carbocycles. The summed E-state index contributed by atoms with van der Waals surface area (Å²) in [6.45, 7) is 2.11. The van der Waals surface area contributed by atoms with Crippen LogP contribution in [0.15, 0.2) is 71.1 Å². The first-order chi connectivity index (χ1) is 13.1. The highest BCUT2D eigenvalue weighted by molar-refractivity contribution is 6.04. The van der Waals surface area contributed by atoms with Crippen molar-refractivity contribution in [2.45, 2.75) is 13.3 Å². The smallest absolute Gasteiger partial charge is 0.255 e. The summed E-state index contributed by atoms with van der Waals surface area (Å²) >= 11 is 0. The SMILES string of the molecule is CCc1ccc(-c2nc3cc(NC(=O)c4cccc(F)c4)ccc3o2)cc1. The summed E-state index contributed by atoms with van der Waals surface area (Å²) in [6, 6.07) is 18.8. The van der Waals surface area contributed by atoms with Crippen LogP contribution in [-0.4, -0.2) is 10.9 Å². The predicted octanol–water partition coefficient (Wildman–Crippen LogP) is 5.45. The largest absolute Gasteiger partial charge is 0.436 e. The molecule has 1 N–H and O–H groups in total. The molecule has 0 aliphatic rings. The lowest BCUT2D eigenvalue weighted by atomic mass is 10.1. The fraction of sp³-hybridized carbons (Fsp3) is 0.0909. The van der Waals surface area contributed by atoms with Crippen LogP contribution in [0.4, 0.5) is 10.1 Å². The number of hydrogen-bond donors (Lipinski definition) is 1. The predicted molar refractivity (Wildman–Crippen MR) is 103 cm³/mol. The van der Waals surface area contributed by atoms with Crippen molar-refractivity contribution in [2.24, 2.45) is 0 Å². The van der Waals surface area contributed by atoms with Gasteiger partial charge in [0, 0.05) is 16.8 Å². The number of amides is 1. The zero-order valence-corrected chi connectivity index (χ0v) is 14.7. The Kier molecular flexibility index (Phi) is 4.42. The number of aryl methyl sites for hydroxylation is 1. The number of nitrogens with zero attached hydrogens (tertiary/aromatic N) is 1. The number of benzene rings is 3. The number of aromatic nitrogens is 1. The van der Waals surface area contributed by atoms with Crippen LogP contribution >= 0.6 is 0 Å². The summed E-state index contributed by atoms with van der Waals surface area (Å²) in [4.78, 5) is 16.8. The minimum Gasteiger partial charge on any atom is -0.436 e. The topological polar surface area (TPSA) is 55.1 Å². The van der Waals surface area contributed by atoms with E-state index in [9.17, 15) is 9.18 Å². The third-order valence-electron chi connectivity index (χ3n) is 4.34. The summed E-state index contributed by atoms with van der Waals surface area (Å²) in [5.41, 5.74) is 4.24. The molecule has 0 saturated carbocycles. The molecular formula is C22H17FN2O2. The van der Waals surface area contributed by atoms with Crippen molar-refractivity contribution in [2.75, 3.05) is 5.32 Å². The van der Waals surface area contributed by atoms with Gasteiger partial charge in [-0.3, -0.25) is 4.79 Å². The van der Waals surface area contributed by atoms with Crippen LogP contribution in [0, 0.1) is 5.82 Å². The van der Waals surface area contributed by atoms with Crippen LogP contribution in [0.3, 0.4) is 0 Å². The molecule has 0 saturated heterocycles. The molecule has 27 heavy (non-hydrogen) atoms. The van der Waals surface area contributed by atoms with Gasteiger partial charge in [-0.05, 0) is 60.5 Å². The van der Waals surface area contributed by atoms with Gasteiger partial charge in [0.1, 0.15) is 11.3 Å². The Bertz CT molecular complexity index is 1120. The van der Waals surface area contributed by atoms with Crippen molar-refractivity contribution in [1.29, 1.82) is 0 Å². The Morgan fingerprint density at radius 1 is 1.07 bits per heavy atom.